The molecule has 0 aromatic heterocycles. The van der Waals surface area contributed by atoms with Crippen LogP contribution in [0.1, 0.15) is 110 Å². The smallest absolute Gasteiger partial charge is 0.268 e. The Morgan fingerprint density at radius 2 is 1.20 bits per heavy atom. The fourth-order valence-electron chi connectivity index (χ4n) is 4.41. The molecule has 0 saturated carbocycles. The molecule has 0 aliphatic rings. The van der Waals surface area contributed by atoms with E-state index in [1.165, 1.54) is 0 Å². The zero-order chi connectivity index (χ0) is 36.5. The number of unbranched alkanes of at least 4 members (excludes halogenated alkanes) is 6. The summed E-state index contributed by atoms with van der Waals surface area (Å²) in [4.78, 5) is 25.1. The van der Waals surface area contributed by atoms with Crippen LogP contribution in [0.3, 0.4) is 0 Å². The van der Waals surface area contributed by atoms with Crippen molar-refractivity contribution in [1.82, 2.24) is 5.32 Å². The van der Waals surface area contributed by atoms with E-state index >= 15 is 0 Å². The molecule has 1 amide bonds. The monoisotopic (exact) mass is 704 g/mol. The summed E-state index contributed by atoms with van der Waals surface area (Å²) in [6.07, 6.45) is 42.1. The zero-order valence-electron chi connectivity index (χ0n) is 31.3. The summed E-state index contributed by atoms with van der Waals surface area (Å²) in [5, 5.41) is 13.6. The van der Waals surface area contributed by atoms with Crippen LogP contribution in [-0.4, -0.2) is 68.5 Å². The van der Waals surface area contributed by atoms with Crippen molar-refractivity contribution in [2.24, 2.45) is 0 Å². The van der Waals surface area contributed by atoms with Crippen LogP contribution in [0.5, 0.6) is 0 Å². The number of aliphatic hydroxyl groups excluding tert-OH is 1. The van der Waals surface area contributed by atoms with Gasteiger partial charge in [0.05, 0.1) is 39.9 Å². The Labute approximate surface area is 299 Å². The lowest BCUT2D eigenvalue weighted by Crippen LogP contribution is -2.45. The van der Waals surface area contributed by atoms with Gasteiger partial charge in [-0.1, -0.05) is 112 Å². The fourth-order valence-corrected chi connectivity index (χ4v) is 5.14. The number of carbonyl (C=O) groups excluding carboxylic acids is 1. The second-order valence-electron chi connectivity index (χ2n) is 13.1. The van der Waals surface area contributed by atoms with Crippen LogP contribution < -0.4 is 10.2 Å². The van der Waals surface area contributed by atoms with E-state index < -0.39 is 26.6 Å². The lowest BCUT2D eigenvalue weighted by Gasteiger charge is -2.29. The molecule has 0 saturated heterocycles. The van der Waals surface area contributed by atoms with Crippen molar-refractivity contribution in [2.45, 2.75) is 122 Å². The number of hydrogen-bond acceptors (Lipinski definition) is 6. The third-order valence-corrected chi connectivity index (χ3v) is 8.29. The number of nitrogens with zero attached hydrogens (tertiary/aromatic N) is 1. The molecule has 3 atom stereocenters. The van der Waals surface area contributed by atoms with Gasteiger partial charge in [0.2, 0.25) is 5.91 Å². The fraction of sp³-hybridized carbons (Fsp3) is 0.625. The minimum absolute atomic E-state index is 0.0194. The molecular weight excluding hydrogens is 635 g/mol. The van der Waals surface area contributed by atoms with Gasteiger partial charge in [0.1, 0.15) is 13.2 Å². The van der Waals surface area contributed by atoms with Gasteiger partial charge < -0.3 is 28.8 Å². The number of likely N-dealkylation sites (N-methyl/N-ethyl adjacent to an activating group) is 1. The average Bonchev–Trinajstić information content (AvgIpc) is 3.04. The van der Waals surface area contributed by atoms with Crippen molar-refractivity contribution in [1.29, 1.82) is 0 Å². The lowest BCUT2D eigenvalue weighted by molar-refractivity contribution is -0.870. The van der Waals surface area contributed by atoms with E-state index in [0.29, 0.717) is 23.9 Å². The van der Waals surface area contributed by atoms with E-state index in [1.54, 1.807) is 6.08 Å². The van der Waals surface area contributed by atoms with E-state index in [0.717, 1.165) is 83.5 Å². The van der Waals surface area contributed by atoms with Crippen molar-refractivity contribution in [3.63, 3.8) is 0 Å². The van der Waals surface area contributed by atoms with Crippen LogP contribution in [0.4, 0.5) is 0 Å². The average molecular weight is 705 g/mol. The molecule has 0 aliphatic heterocycles. The number of carbonyl (C=O) groups is 1. The summed E-state index contributed by atoms with van der Waals surface area (Å²) >= 11 is 0. The van der Waals surface area contributed by atoms with Gasteiger partial charge in [0, 0.05) is 6.42 Å². The Kier molecular flexibility index (Phi) is 30.1. The summed E-state index contributed by atoms with van der Waals surface area (Å²) in [6.45, 7) is 4.31. The molecule has 0 heterocycles. The van der Waals surface area contributed by atoms with Gasteiger partial charge in [-0.15, -0.1) is 0 Å². The molecule has 3 unspecified atom stereocenters. The highest BCUT2D eigenvalue weighted by atomic mass is 31.2. The molecule has 0 aromatic carbocycles. The zero-order valence-corrected chi connectivity index (χ0v) is 32.2. The molecule has 0 aliphatic carbocycles. The van der Waals surface area contributed by atoms with Gasteiger partial charge in [-0.2, -0.15) is 0 Å². The second-order valence-corrected chi connectivity index (χ2v) is 14.6. The Hall–Kier alpha value is -2.32. The number of allylic oxidation sites excluding steroid dienone is 13. The van der Waals surface area contributed by atoms with Gasteiger partial charge in [-0.25, -0.2) is 0 Å². The third kappa shape index (κ3) is 33.9. The Balaban J connectivity index is 4.62. The number of hydrogen-bond donors (Lipinski definition) is 2. The maximum Gasteiger partial charge on any atom is 0.268 e. The molecule has 2 N–H and O–H groups in total. The number of aliphatic hydroxyl groups is 1. The highest BCUT2D eigenvalue weighted by Crippen LogP contribution is 2.38. The maximum absolute atomic E-state index is 12.7. The van der Waals surface area contributed by atoms with Crippen LogP contribution in [0, 0.1) is 0 Å². The molecule has 0 fully saturated rings. The maximum atomic E-state index is 12.7. The minimum Gasteiger partial charge on any atom is -0.756 e. The third-order valence-electron chi connectivity index (χ3n) is 7.33. The Bertz CT molecular complexity index is 1070. The van der Waals surface area contributed by atoms with Crippen LogP contribution in [0.15, 0.2) is 85.1 Å². The summed E-state index contributed by atoms with van der Waals surface area (Å²) in [6, 6.07) is -0.924. The summed E-state index contributed by atoms with van der Waals surface area (Å²) in [7, 11) is 1.19. The molecule has 0 rings (SSSR count). The van der Waals surface area contributed by atoms with Crippen LogP contribution in [0.2, 0.25) is 0 Å². The van der Waals surface area contributed by atoms with E-state index in [4.69, 9.17) is 9.05 Å². The van der Waals surface area contributed by atoms with Crippen LogP contribution >= 0.6 is 7.82 Å². The Morgan fingerprint density at radius 1 is 0.714 bits per heavy atom. The summed E-state index contributed by atoms with van der Waals surface area (Å²) < 4.78 is 23.0. The number of rotatable bonds is 31. The number of phosphoric ester groups is 1. The van der Waals surface area contributed by atoms with E-state index in [-0.39, 0.29) is 12.5 Å². The Morgan fingerprint density at radius 3 is 1.80 bits per heavy atom. The first-order chi connectivity index (χ1) is 23.5. The molecule has 0 radical (unpaired) electrons. The van der Waals surface area contributed by atoms with Gasteiger partial charge in [-0.05, 0) is 77.0 Å². The van der Waals surface area contributed by atoms with Crippen molar-refractivity contribution in [3.8, 4) is 0 Å². The lowest BCUT2D eigenvalue weighted by atomic mass is 10.1. The van der Waals surface area contributed by atoms with Crippen molar-refractivity contribution < 1.29 is 32.9 Å². The van der Waals surface area contributed by atoms with Gasteiger partial charge >= 0.3 is 0 Å². The molecular formula is C40H69N2O6P. The quantitative estimate of drug-likeness (QED) is 0.0323. The molecule has 8 nitrogen and oxygen atoms in total. The highest BCUT2D eigenvalue weighted by Gasteiger charge is 2.23. The van der Waals surface area contributed by atoms with Crippen LogP contribution in [0.25, 0.3) is 0 Å². The van der Waals surface area contributed by atoms with Crippen LogP contribution in [-0.2, 0) is 18.4 Å². The van der Waals surface area contributed by atoms with Gasteiger partial charge in [0.25, 0.3) is 7.82 Å². The summed E-state index contributed by atoms with van der Waals surface area (Å²) in [5.41, 5.74) is 0. The predicted octanol–water partition coefficient (Wildman–Crippen LogP) is 8.82. The molecule has 280 valence electrons. The first-order valence-corrected chi connectivity index (χ1v) is 19.9. The summed E-state index contributed by atoms with van der Waals surface area (Å²) in [5.74, 6) is -0.244. The normalized spacial score (nSPS) is 15.7. The molecule has 9 heteroatoms. The first-order valence-electron chi connectivity index (χ1n) is 18.4. The largest absolute Gasteiger partial charge is 0.756 e. The first kappa shape index (κ1) is 46.7. The second kappa shape index (κ2) is 31.6. The molecule has 0 aromatic rings. The van der Waals surface area contributed by atoms with Gasteiger partial charge in [0.15, 0.2) is 0 Å². The minimum atomic E-state index is -4.60. The highest BCUT2D eigenvalue weighted by molar-refractivity contribution is 7.45. The van der Waals surface area contributed by atoms with Gasteiger partial charge in [-0.3, -0.25) is 9.36 Å². The van der Waals surface area contributed by atoms with E-state index in [2.05, 4.69) is 92.1 Å². The molecule has 0 bridgehead atoms. The number of quaternary nitrogens is 1. The number of amides is 1. The number of phosphoric acid groups is 1. The predicted molar refractivity (Wildman–Crippen MR) is 205 cm³/mol. The molecule has 49 heavy (non-hydrogen) atoms. The SMILES string of the molecule is CC/C=C\C/C=C\C/C=C\C/C=C\CCCCCCC(=O)NC(COP(=O)([O-])OCC[N+](C)(C)C)C(O)/C=C/CC/C=C/CC/C=C/CC. The van der Waals surface area contributed by atoms with E-state index in [9.17, 15) is 19.4 Å². The number of nitrogens with one attached hydrogen (secondary N) is 1. The van der Waals surface area contributed by atoms with Crippen molar-refractivity contribution in [3.05, 3.63) is 85.1 Å². The molecule has 0 spiro atoms. The topological polar surface area (TPSA) is 108 Å². The standard InChI is InChI=1S/C40H69N2O6P/c1-6-8-10-12-14-16-18-19-20-21-22-23-24-26-28-30-32-34-40(44)41-38(37-48-49(45,46)47-36-35-42(3,4)5)39(43)33-31-29-27-25-17-15-13-11-9-7-2/h8-11,14,16-17,19-20,22-23,25,31,33,38-39,43H,6-7,12-13,15,18,21,24,26-30,32,34-37H2,1-5H3,(H-,41,44,45,46)/b10-8-,11-9+,16-14-,20-19-,23-22-,25-17+,33-31+. The van der Waals surface area contributed by atoms with Crippen molar-refractivity contribution in [2.75, 3.05) is 40.9 Å². The van der Waals surface area contributed by atoms with E-state index in [1.807, 2.05) is 27.2 Å². The van der Waals surface area contributed by atoms with Crippen molar-refractivity contribution >= 4 is 13.7 Å².